The van der Waals surface area contributed by atoms with Crippen LogP contribution in [-0.2, 0) is 19.0 Å². The van der Waals surface area contributed by atoms with Gasteiger partial charge < -0.3 is 14.2 Å². The second-order valence-corrected chi connectivity index (χ2v) is 9.14. The summed E-state index contributed by atoms with van der Waals surface area (Å²) in [7, 11) is 0. The van der Waals surface area contributed by atoms with E-state index in [0.717, 1.165) is 44.2 Å². The largest absolute Gasteiger partial charge is 0.464 e. The van der Waals surface area contributed by atoms with E-state index < -0.39 is 6.09 Å². The lowest BCUT2D eigenvalue weighted by molar-refractivity contribution is -0.149. The van der Waals surface area contributed by atoms with Crippen LogP contribution in [0.5, 0.6) is 0 Å². The van der Waals surface area contributed by atoms with E-state index in [4.69, 9.17) is 25.8 Å². The zero-order chi connectivity index (χ0) is 24.2. The van der Waals surface area contributed by atoms with Crippen molar-refractivity contribution in [3.05, 3.63) is 59.6 Å². The van der Waals surface area contributed by atoms with Crippen LogP contribution >= 0.6 is 11.6 Å². The number of halogens is 1. The van der Waals surface area contributed by atoms with Crippen LogP contribution in [0.15, 0.2) is 54.6 Å². The molecule has 184 valence electrons. The molecule has 6 nitrogen and oxygen atoms in total. The molecule has 0 N–H and O–H groups in total. The van der Waals surface area contributed by atoms with E-state index in [1.165, 1.54) is 0 Å². The Kier molecular flexibility index (Phi) is 10.7. The van der Waals surface area contributed by atoms with Crippen molar-refractivity contribution in [3.8, 4) is 0 Å². The fourth-order valence-electron chi connectivity index (χ4n) is 4.03. The molecule has 0 aliphatic heterocycles. The molecule has 2 aromatic carbocycles. The Labute approximate surface area is 207 Å². The van der Waals surface area contributed by atoms with Crippen molar-refractivity contribution in [2.45, 2.75) is 45.4 Å². The van der Waals surface area contributed by atoms with E-state index in [1.807, 2.05) is 30.3 Å². The molecule has 1 aliphatic carbocycles. The van der Waals surface area contributed by atoms with Crippen LogP contribution in [-0.4, -0.2) is 38.5 Å². The molecule has 7 heteroatoms. The normalized spacial score (nSPS) is 17.7. The van der Waals surface area contributed by atoms with Gasteiger partial charge in [-0.2, -0.15) is 0 Å². The van der Waals surface area contributed by atoms with Gasteiger partial charge >= 0.3 is 12.1 Å². The summed E-state index contributed by atoms with van der Waals surface area (Å²) >= 11 is 6.02. The Morgan fingerprint density at radius 2 is 1.50 bits per heavy atom. The summed E-state index contributed by atoms with van der Waals surface area (Å²) in [4.78, 5) is 26.2. The van der Waals surface area contributed by atoms with Gasteiger partial charge in [-0.05, 0) is 80.3 Å². The summed E-state index contributed by atoms with van der Waals surface area (Å²) in [5.74, 6) is 0.449. The molecule has 0 bridgehead atoms. The van der Waals surface area contributed by atoms with Crippen molar-refractivity contribution >= 4 is 35.0 Å². The molecule has 1 aliphatic rings. The highest BCUT2D eigenvalue weighted by molar-refractivity contribution is 6.30. The molecule has 0 atom stereocenters. The molecule has 0 aromatic heterocycles. The van der Waals surface area contributed by atoms with E-state index in [-0.39, 0.29) is 12.6 Å². The third-order valence-corrected chi connectivity index (χ3v) is 6.28. The third kappa shape index (κ3) is 8.33. The van der Waals surface area contributed by atoms with Crippen LogP contribution in [0.25, 0.3) is 0 Å². The number of esters is 1. The number of hydrogen-bond acceptors (Lipinski definition) is 5. The minimum absolute atomic E-state index is 0.0152. The predicted molar refractivity (Wildman–Crippen MR) is 134 cm³/mol. The minimum Gasteiger partial charge on any atom is -0.464 e. The Hall–Kier alpha value is -2.57. The lowest BCUT2D eigenvalue weighted by atomic mass is 9.83. The van der Waals surface area contributed by atoms with Crippen molar-refractivity contribution in [1.29, 1.82) is 0 Å². The number of amides is 1. The maximum Gasteiger partial charge on any atom is 0.418 e. The van der Waals surface area contributed by atoms with Crippen LogP contribution in [0.2, 0.25) is 5.02 Å². The first-order valence-corrected chi connectivity index (χ1v) is 12.5. The molecule has 0 radical (unpaired) electrons. The summed E-state index contributed by atoms with van der Waals surface area (Å²) < 4.78 is 16.4. The molecule has 2 aromatic rings. The van der Waals surface area contributed by atoms with E-state index in [1.54, 1.807) is 29.2 Å². The Morgan fingerprint density at radius 3 is 2.15 bits per heavy atom. The number of carbonyl (C=O) groups is 2. The number of unbranched alkanes of at least 4 members (excludes halogenated alkanes) is 1. The Bertz CT molecular complexity index is 882. The number of hydrogen-bond donors (Lipinski definition) is 0. The van der Waals surface area contributed by atoms with Crippen LogP contribution in [0.1, 0.15) is 45.4 Å². The predicted octanol–water partition coefficient (Wildman–Crippen LogP) is 6.78. The number of benzene rings is 2. The van der Waals surface area contributed by atoms with E-state index >= 15 is 0 Å². The average molecular weight is 488 g/mol. The van der Waals surface area contributed by atoms with Crippen LogP contribution in [0, 0.1) is 11.8 Å². The van der Waals surface area contributed by atoms with Crippen LogP contribution < -0.4 is 4.90 Å². The van der Waals surface area contributed by atoms with E-state index in [0.29, 0.717) is 42.4 Å². The van der Waals surface area contributed by atoms with Crippen molar-refractivity contribution in [3.63, 3.8) is 0 Å². The first-order chi connectivity index (χ1) is 16.6. The maximum atomic E-state index is 13.0. The number of carbonyl (C=O) groups excluding carboxylic acids is 2. The Balaban J connectivity index is 1.43. The van der Waals surface area contributed by atoms with Crippen molar-refractivity contribution in [2.75, 3.05) is 31.3 Å². The summed E-state index contributed by atoms with van der Waals surface area (Å²) in [6.07, 6.45) is 5.39. The summed E-state index contributed by atoms with van der Waals surface area (Å²) in [5.41, 5.74) is 1.44. The maximum absolute atomic E-state index is 13.0. The quantitative estimate of drug-likeness (QED) is 0.258. The molecule has 0 unspecified atom stereocenters. The zero-order valence-electron chi connectivity index (χ0n) is 19.8. The molecule has 1 fully saturated rings. The molecule has 1 amide bonds. The number of para-hydroxylation sites is 1. The van der Waals surface area contributed by atoms with Gasteiger partial charge in [0.2, 0.25) is 0 Å². The summed E-state index contributed by atoms with van der Waals surface area (Å²) in [6, 6.07) is 16.6. The minimum atomic E-state index is -0.402. The lowest BCUT2D eigenvalue weighted by Crippen LogP contribution is -2.30. The fourth-order valence-corrected chi connectivity index (χ4v) is 4.15. The Morgan fingerprint density at radius 1 is 0.882 bits per heavy atom. The van der Waals surface area contributed by atoms with Crippen LogP contribution in [0.4, 0.5) is 16.2 Å². The monoisotopic (exact) mass is 487 g/mol. The summed E-state index contributed by atoms with van der Waals surface area (Å²) in [5, 5.41) is 0.610. The van der Waals surface area contributed by atoms with E-state index in [9.17, 15) is 9.59 Å². The van der Waals surface area contributed by atoms with Gasteiger partial charge in [0.25, 0.3) is 0 Å². The van der Waals surface area contributed by atoms with Gasteiger partial charge in [0.15, 0.2) is 0 Å². The van der Waals surface area contributed by atoms with Gasteiger partial charge in [0, 0.05) is 5.02 Å². The zero-order valence-corrected chi connectivity index (χ0v) is 20.5. The highest BCUT2D eigenvalue weighted by Crippen LogP contribution is 2.31. The molecule has 0 spiro atoms. The van der Waals surface area contributed by atoms with Crippen molar-refractivity contribution < 1.29 is 23.8 Å². The van der Waals surface area contributed by atoms with Crippen molar-refractivity contribution in [2.24, 2.45) is 11.8 Å². The highest BCUT2D eigenvalue weighted by Gasteiger charge is 2.25. The second-order valence-electron chi connectivity index (χ2n) is 8.70. The smallest absolute Gasteiger partial charge is 0.418 e. The van der Waals surface area contributed by atoms with Gasteiger partial charge in [0.1, 0.15) is 6.61 Å². The molecular weight excluding hydrogens is 454 g/mol. The average Bonchev–Trinajstić information content (AvgIpc) is 2.86. The highest BCUT2D eigenvalue weighted by atomic mass is 35.5. The first kappa shape index (κ1) is 26.0. The molecule has 1 saturated carbocycles. The van der Waals surface area contributed by atoms with Gasteiger partial charge in [-0.3, -0.25) is 0 Å². The molecule has 0 heterocycles. The third-order valence-electron chi connectivity index (χ3n) is 6.03. The number of nitrogens with zero attached hydrogens (tertiary/aromatic N) is 1. The second kappa shape index (κ2) is 14.0. The number of ether oxygens (including phenoxy) is 3. The topological polar surface area (TPSA) is 65.1 Å². The lowest BCUT2D eigenvalue weighted by Gasteiger charge is -2.29. The molecular formula is C27H34ClNO5. The van der Waals surface area contributed by atoms with Gasteiger partial charge in [-0.25, -0.2) is 14.5 Å². The number of anilines is 2. The standard InChI is InChI=1S/C27H34ClNO5/c1-2-3-17-33-26(30)20-32-18-21-9-11-22(12-10-21)19-34-27(31)29(24-7-5-4-6-8-24)25-15-13-23(28)14-16-25/h4-8,13-16,21-22H,2-3,9-12,17-20H2,1H3. The van der Waals surface area contributed by atoms with Crippen molar-refractivity contribution in [1.82, 2.24) is 0 Å². The van der Waals surface area contributed by atoms with Gasteiger partial charge in [0.05, 0.1) is 31.2 Å². The first-order valence-electron chi connectivity index (χ1n) is 12.1. The van der Waals surface area contributed by atoms with E-state index in [2.05, 4.69) is 6.92 Å². The van der Waals surface area contributed by atoms with Gasteiger partial charge in [-0.1, -0.05) is 43.1 Å². The fraction of sp³-hybridized carbons (Fsp3) is 0.481. The summed E-state index contributed by atoms with van der Waals surface area (Å²) in [6.45, 7) is 3.48. The molecule has 3 rings (SSSR count). The molecule has 0 saturated heterocycles. The van der Waals surface area contributed by atoms with Gasteiger partial charge in [-0.15, -0.1) is 0 Å². The number of rotatable bonds is 11. The van der Waals surface area contributed by atoms with Crippen LogP contribution in [0.3, 0.4) is 0 Å². The molecule has 34 heavy (non-hydrogen) atoms. The SMILES string of the molecule is CCCCOC(=O)COCC1CCC(COC(=O)N(c2ccccc2)c2ccc(Cl)cc2)CC1.